The molecule has 1 saturated heterocycles. The highest BCUT2D eigenvalue weighted by Crippen LogP contribution is 2.32. The molecule has 2 rings (SSSR count). The molecule has 2 N–H and O–H groups in total. The maximum atomic E-state index is 9.44. The molecule has 3 nitrogen and oxygen atoms in total. The van der Waals surface area contributed by atoms with Gasteiger partial charge in [-0.2, -0.15) is 0 Å². The maximum Gasteiger partial charge on any atom is 0.152 e. The van der Waals surface area contributed by atoms with Gasteiger partial charge in [0.05, 0.1) is 0 Å². The van der Waals surface area contributed by atoms with Gasteiger partial charge in [-0.05, 0) is 19.0 Å². The highest BCUT2D eigenvalue weighted by Gasteiger charge is 2.28. The third-order valence-electron chi connectivity index (χ3n) is 3.22. The molecular formula is C11H17NO2. The Labute approximate surface area is 84.3 Å². The Morgan fingerprint density at radius 3 is 3.00 bits per heavy atom. The zero-order chi connectivity index (χ0) is 10.1. The summed E-state index contributed by atoms with van der Waals surface area (Å²) in [5.74, 6) is 0.637. The largest absolute Gasteiger partial charge is 0.508 e. The molecule has 0 aromatic rings. The molecule has 1 atom stereocenters. The van der Waals surface area contributed by atoms with Crippen LogP contribution in [0, 0.1) is 5.92 Å². The van der Waals surface area contributed by atoms with E-state index in [1.807, 2.05) is 0 Å². The van der Waals surface area contributed by atoms with Crippen molar-refractivity contribution in [3.8, 4) is 0 Å². The van der Waals surface area contributed by atoms with Crippen LogP contribution in [-0.2, 0) is 0 Å². The molecule has 1 aliphatic heterocycles. The van der Waals surface area contributed by atoms with E-state index < -0.39 is 0 Å². The summed E-state index contributed by atoms with van der Waals surface area (Å²) >= 11 is 0. The van der Waals surface area contributed by atoms with Crippen LogP contribution in [0.25, 0.3) is 0 Å². The van der Waals surface area contributed by atoms with Crippen LogP contribution in [0.3, 0.4) is 0 Å². The summed E-state index contributed by atoms with van der Waals surface area (Å²) in [5, 5.41) is 18.8. The predicted molar refractivity (Wildman–Crippen MR) is 55.2 cm³/mol. The number of hydrogen-bond acceptors (Lipinski definition) is 3. The van der Waals surface area contributed by atoms with Crippen molar-refractivity contribution in [1.29, 1.82) is 0 Å². The van der Waals surface area contributed by atoms with Crippen LogP contribution >= 0.6 is 0 Å². The van der Waals surface area contributed by atoms with Crippen LogP contribution in [0.15, 0.2) is 23.2 Å². The topological polar surface area (TPSA) is 43.7 Å². The molecule has 1 fully saturated rings. The van der Waals surface area contributed by atoms with Gasteiger partial charge in [-0.15, -0.1) is 0 Å². The molecule has 2 aliphatic rings. The minimum absolute atomic E-state index is 0.0706. The fraction of sp³-hybridized carbons (Fsp3) is 0.636. The van der Waals surface area contributed by atoms with Crippen LogP contribution in [0.5, 0.6) is 0 Å². The van der Waals surface area contributed by atoms with Gasteiger partial charge in [0.15, 0.2) is 5.76 Å². The molecule has 0 aromatic heterocycles. The Morgan fingerprint density at radius 1 is 1.50 bits per heavy atom. The number of hydrogen-bond donors (Lipinski definition) is 2. The summed E-state index contributed by atoms with van der Waals surface area (Å²) in [6.07, 6.45) is 3.38. The van der Waals surface area contributed by atoms with E-state index in [-0.39, 0.29) is 11.5 Å². The molecule has 3 heteroatoms. The Kier molecular flexibility index (Phi) is 2.50. The lowest BCUT2D eigenvalue weighted by molar-refractivity contribution is 0.200. The van der Waals surface area contributed by atoms with Gasteiger partial charge in [0, 0.05) is 25.4 Å². The van der Waals surface area contributed by atoms with E-state index in [2.05, 4.69) is 11.8 Å². The number of piperidine rings is 1. The lowest BCUT2D eigenvalue weighted by atomic mass is 9.84. The summed E-state index contributed by atoms with van der Waals surface area (Å²) in [6.45, 7) is 5.32. The van der Waals surface area contributed by atoms with Gasteiger partial charge < -0.3 is 15.1 Å². The van der Waals surface area contributed by atoms with Crippen molar-refractivity contribution < 1.29 is 10.2 Å². The SMILES string of the molecule is CCN1CCC2=CC(O)=C(O)CC2C1. The summed E-state index contributed by atoms with van der Waals surface area (Å²) in [7, 11) is 0. The van der Waals surface area contributed by atoms with Gasteiger partial charge in [-0.3, -0.25) is 0 Å². The highest BCUT2D eigenvalue weighted by molar-refractivity contribution is 5.29. The summed E-state index contributed by atoms with van der Waals surface area (Å²) < 4.78 is 0. The monoisotopic (exact) mass is 195 g/mol. The number of allylic oxidation sites excluding steroid dienone is 2. The van der Waals surface area contributed by atoms with Gasteiger partial charge in [-0.1, -0.05) is 12.5 Å². The average molecular weight is 195 g/mol. The fourth-order valence-corrected chi connectivity index (χ4v) is 2.28. The van der Waals surface area contributed by atoms with Gasteiger partial charge >= 0.3 is 0 Å². The second-order valence-electron chi connectivity index (χ2n) is 4.10. The first-order chi connectivity index (χ1) is 6.70. The minimum Gasteiger partial charge on any atom is -0.508 e. The number of aliphatic hydroxyl groups excluding tert-OH is 2. The summed E-state index contributed by atoms with van der Waals surface area (Å²) in [4.78, 5) is 2.39. The van der Waals surface area contributed by atoms with E-state index in [1.54, 1.807) is 6.08 Å². The number of fused-ring (bicyclic) bond motifs is 1. The number of likely N-dealkylation sites (tertiary alicyclic amines) is 1. The van der Waals surface area contributed by atoms with Crippen LogP contribution < -0.4 is 0 Å². The lowest BCUT2D eigenvalue weighted by Crippen LogP contribution is -2.37. The zero-order valence-electron chi connectivity index (χ0n) is 8.53. The van der Waals surface area contributed by atoms with E-state index in [1.165, 1.54) is 5.57 Å². The Morgan fingerprint density at radius 2 is 2.29 bits per heavy atom. The minimum atomic E-state index is 0.0706. The van der Waals surface area contributed by atoms with Crippen molar-refractivity contribution in [3.63, 3.8) is 0 Å². The number of aliphatic hydroxyl groups is 2. The first-order valence-corrected chi connectivity index (χ1v) is 5.24. The lowest BCUT2D eigenvalue weighted by Gasteiger charge is -2.35. The molecular weight excluding hydrogens is 178 g/mol. The van der Waals surface area contributed by atoms with Crippen molar-refractivity contribution in [1.82, 2.24) is 4.90 Å². The van der Waals surface area contributed by atoms with Crippen molar-refractivity contribution >= 4 is 0 Å². The molecule has 1 heterocycles. The first-order valence-electron chi connectivity index (χ1n) is 5.24. The quantitative estimate of drug-likeness (QED) is 0.672. The second kappa shape index (κ2) is 3.65. The molecule has 0 saturated carbocycles. The second-order valence-corrected chi connectivity index (χ2v) is 4.10. The highest BCUT2D eigenvalue weighted by atomic mass is 16.3. The smallest absolute Gasteiger partial charge is 0.152 e. The number of rotatable bonds is 1. The first kappa shape index (κ1) is 9.59. The molecule has 14 heavy (non-hydrogen) atoms. The van der Waals surface area contributed by atoms with Gasteiger partial charge in [0.2, 0.25) is 0 Å². The van der Waals surface area contributed by atoms with Crippen LogP contribution in [-0.4, -0.2) is 34.7 Å². The van der Waals surface area contributed by atoms with Crippen LogP contribution in [0.2, 0.25) is 0 Å². The molecule has 78 valence electrons. The Bertz CT molecular complexity index is 294. The molecule has 0 spiro atoms. The average Bonchev–Trinajstić information content (AvgIpc) is 2.19. The molecule has 0 aromatic carbocycles. The van der Waals surface area contributed by atoms with E-state index in [9.17, 15) is 10.2 Å². The molecule has 0 radical (unpaired) electrons. The molecule has 1 aliphatic carbocycles. The van der Waals surface area contributed by atoms with Gasteiger partial charge in [-0.25, -0.2) is 0 Å². The Balaban J connectivity index is 2.12. The fourth-order valence-electron chi connectivity index (χ4n) is 2.28. The summed E-state index contributed by atoms with van der Waals surface area (Å²) in [5.41, 5.74) is 1.30. The standard InChI is InChI=1S/C11H17NO2/c1-2-12-4-3-8-5-10(13)11(14)6-9(8)7-12/h5,9,13-14H,2-4,6-7H2,1H3. The van der Waals surface area contributed by atoms with E-state index in [0.29, 0.717) is 12.3 Å². The maximum absolute atomic E-state index is 9.44. The molecule has 1 unspecified atom stereocenters. The molecule has 0 amide bonds. The zero-order valence-corrected chi connectivity index (χ0v) is 8.53. The Hall–Kier alpha value is -0.960. The van der Waals surface area contributed by atoms with Crippen LogP contribution in [0.1, 0.15) is 19.8 Å². The predicted octanol–water partition coefficient (Wildman–Crippen LogP) is 1.99. The van der Waals surface area contributed by atoms with Gasteiger partial charge in [0.25, 0.3) is 0 Å². The third-order valence-corrected chi connectivity index (χ3v) is 3.22. The van der Waals surface area contributed by atoms with Crippen LogP contribution in [0.4, 0.5) is 0 Å². The van der Waals surface area contributed by atoms with Crippen molar-refractivity contribution in [3.05, 3.63) is 23.2 Å². The van der Waals surface area contributed by atoms with Gasteiger partial charge in [0.1, 0.15) is 5.76 Å². The van der Waals surface area contributed by atoms with E-state index >= 15 is 0 Å². The van der Waals surface area contributed by atoms with Crippen molar-refractivity contribution in [2.24, 2.45) is 5.92 Å². The van der Waals surface area contributed by atoms with E-state index in [0.717, 1.165) is 26.1 Å². The summed E-state index contributed by atoms with van der Waals surface area (Å²) in [6, 6.07) is 0. The van der Waals surface area contributed by atoms with Crippen molar-refractivity contribution in [2.45, 2.75) is 19.8 Å². The number of nitrogens with zero attached hydrogens (tertiary/aromatic N) is 1. The molecule has 0 bridgehead atoms. The normalized spacial score (nSPS) is 28.6. The third kappa shape index (κ3) is 1.64. The van der Waals surface area contributed by atoms with E-state index in [4.69, 9.17) is 0 Å². The van der Waals surface area contributed by atoms with Crippen molar-refractivity contribution in [2.75, 3.05) is 19.6 Å².